The first kappa shape index (κ1) is 12.3. The average molecular weight is 256 g/mol. The van der Waals surface area contributed by atoms with Crippen LogP contribution < -0.4 is 5.32 Å². The number of rotatable bonds is 3. The smallest absolute Gasteiger partial charge is 0.123 e. The van der Waals surface area contributed by atoms with Crippen LogP contribution in [0, 0.1) is 5.82 Å². The molecule has 2 aromatic rings. The van der Waals surface area contributed by atoms with Crippen molar-refractivity contribution in [1.29, 1.82) is 0 Å². The summed E-state index contributed by atoms with van der Waals surface area (Å²) < 4.78 is 13.2. The van der Waals surface area contributed by atoms with Crippen LogP contribution in [0.25, 0.3) is 0 Å². The SMILES string of the molecule is CC(NC1CCc2cc(F)ccc21)c1ccccn1. The first-order valence-corrected chi connectivity index (χ1v) is 6.69. The third kappa shape index (κ3) is 2.51. The Balaban J connectivity index is 1.76. The van der Waals surface area contributed by atoms with Gasteiger partial charge in [-0.2, -0.15) is 0 Å². The molecule has 19 heavy (non-hydrogen) atoms. The maximum Gasteiger partial charge on any atom is 0.123 e. The fourth-order valence-electron chi connectivity index (χ4n) is 2.78. The molecular formula is C16H17FN2. The summed E-state index contributed by atoms with van der Waals surface area (Å²) in [7, 11) is 0. The number of halogens is 1. The van der Waals surface area contributed by atoms with Crippen molar-refractivity contribution in [2.24, 2.45) is 0 Å². The van der Waals surface area contributed by atoms with Crippen molar-refractivity contribution in [3.05, 3.63) is 65.2 Å². The third-order valence-corrected chi connectivity index (χ3v) is 3.77. The highest BCUT2D eigenvalue weighted by Gasteiger charge is 2.24. The zero-order valence-corrected chi connectivity index (χ0v) is 10.9. The average Bonchev–Trinajstić information content (AvgIpc) is 2.82. The molecule has 0 aliphatic heterocycles. The van der Waals surface area contributed by atoms with Crippen LogP contribution >= 0.6 is 0 Å². The fourth-order valence-corrected chi connectivity index (χ4v) is 2.78. The number of nitrogens with zero attached hydrogens (tertiary/aromatic N) is 1. The largest absolute Gasteiger partial charge is 0.302 e. The Bertz CT molecular complexity index is 568. The summed E-state index contributed by atoms with van der Waals surface area (Å²) >= 11 is 0. The molecule has 98 valence electrons. The van der Waals surface area contributed by atoms with Crippen molar-refractivity contribution >= 4 is 0 Å². The summed E-state index contributed by atoms with van der Waals surface area (Å²) in [4.78, 5) is 4.37. The Morgan fingerprint density at radius 1 is 1.32 bits per heavy atom. The highest BCUT2D eigenvalue weighted by Crippen LogP contribution is 2.33. The molecule has 1 aromatic heterocycles. The lowest BCUT2D eigenvalue weighted by molar-refractivity contribution is 0.458. The van der Waals surface area contributed by atoms with E-state index in [9.17, 15) is 4.39 Å². The van der Waals surface area contributed by atoms with Gasteiger partial charge < -0.3 is 5.32 Å². The molecule has 1 aliphatic carbocycles. The van der Waals surface area contributed by atoms with Crippen LogP contribution in [0.1, 0.15) is 42.2 Å². The van der Waals surface area contributed by atoms with Gasteiger partial charge in [-0.1, -0.05) is 12.1 Å². The minimum atomic E-state index is -0.142. The lowest BCUT2D eigenvalue weighted by Gasteiger charge is -2.20. The molecule has 2 unspecified atom stereocenters. The molecule has 0 radical (unpaired) electrons. The molecule has 3 heteroatoms. The number of hydrogen-bond acceptors (Lipinski definition) is 2. The lowest BCUT2D eigenvalue weighted by atomic mass is 10.1. The Hall–Kier alpha value is -1.74. The summed E-state index contributed by atoms with van der Waals surface area (Å²) in [5.41, 5.74) is 3.40. The minimum absolute atomic E-state index is 0.142. The van der Waals surface area contributed by atoms with E-state index in [1.54, 1.807) is 12.1 Å². The highest BCUT2D eigenvalue weighted by atomic mass is 19.1. The van der Waals surface area contributed by atoms with E-state index in [1.165, 1.54) is 5.56 Å². The van der Waals surface area contributed by atoms with E-state index in [-0.39, 0.29) is 11.9 Å². The molecule has 2 atom stereocenters. The van der Waals surface area contributed by atoms with Crippen LogP contribution in [0.4, 0.5) is 4.39 Å². The van der Waals surface area contributed by atoms with E-state index >= 15 is 0 Å². The first-order valence-electron chi connectivity index (χ1n) is 6.69. The number of aromatic nitrogens is 1. The standard InChI is InChI=1S/C16H17FN2/c1-11(15-4-2-3-9-18-15)19-16-8-5-12-10-13(17)6-7-14(12)16/h2-4,6-7,9-11,16,19H,5,8H2,1H3. The van der Waals surface area contributed by atoms with Gasteiger partial charge in [-0.05, 0) is 55.2 Å². The molecule has 0 fully saturated rings. The van der Waals surface area contributed by atoms with Gasteiger partial charge in [-0.25, -0.2) is 4.39 Å². The summed E-state index contributed by atoms with van der Waals surface area (Å²) in [5.74, 6) is -0.142. The molecule has 3 rings (SSSR count). The van der Waals surface area contributed by atoms with Crippen LogP contribution in [0.3, 0.4) is 0 Å². The molecule has 0 bridgehead atoms. The molecular weight excluding hydrogens is 239 g/mol. The van der Waals surface area contributed by atoms with E-state index in [2.05, 4.69) is 17.2 Å². The van der Waals surface area contributed by atoms with Gasteiger partial charge in [0.2, 0.25) is 0 Å². The van der Waals surface area contributed by atoms with Crippen molar-refractivity contribution in [2.75, 3.05) is 0 Å². The van der Waals surface area contributed by atoms with Gasteiger partial charge in [0.1, 0.15) is 5.82 Å². The van der Waals surface area contributed by atoms with Gasteiger partial charge in [-0.15, -0.1) is 0 Å². The van der Waals surface area contributed by atoms with E-state index in [0.717, 1.165) is 24.1 Å². The van der Waals surface area contributed by atoms with Crippen molar-refractivity contribution in [3.8, 4) is 0 Å². The first-order chi connectivity index (χ1) is 9.24. The van der Waals surface area contributed by atoms with E-state index in [1.807, 2.05) is 30.5 Å². The summed E-state index contributed by atoms with van der Waals surface area (Å²) in [5, 5.41) is 3.59. The maximum absolute atomic E-state index is 13.2. The highest BCUT2D eigenvalue weighted by molar-refractivity contribution is 5.35. The van der Waals surface area contributed by atoms with Gasteiger partial charge in [0.25, 0.3) is 0 Å². The van der Waals surface area contributed by atoms with Crippen LogP contribution in [-0.2, 0) is 6.42 Å². The summed E-state index contributed by atoms with van der Waals surface area (Å²) in [6.07, 6.45) is 3.78. The number of nitrogens with one attached hydrogen (secondary N) is 1. The molecule has 0 amide bonds. The Kier molecular flexibility index (Phi) is 3.30. The van der Waals surface area contributed by atoms with Crippen LogP contribution in [0.2, 0.25) is 0 Å². The Morgan fingerprint density at radius 3 is 3.00 bits per heavy atom. The quantitative estimate of drug-likeness (QED) is 0.908. The minimum Gasteiger partial charge on any atom is -0.302 e. The molecule has 0 spiro atoms. The summed E-state index contributed by atoms with van der Waals surface area (Å²) in [6, 6.07) is 11.5. The monoisotopic (exact) mass is 256 g/mol. The van der Waals surface area contributed by atoms with Gasteiger partial charge >= 0.3 is 0 Å². The molecule has 1 N–H and O–H groups in total. The number of fused-ring (bicyclic) bond motifs is 1. The Labute approximate surface area is 112 Å². The van der Waals surface area contributed by atoms with Gasteiger partial charge in [-0.3, -0.25) is 4.98 Å². The molecule has 1 aromatic carbocycles. The van der Waals surface area contributed by atoms with Crippen LogP contribution in [0.15, 0.2) is 42.6 Å². The second kappa shape index (κ2) is 5.10. The molecule has 1 aliphatic rings. The molecule has 0 saturated heterocycles. The topological polar surface area (TPSA) is 24.9 Å². The Morgan fingerprint density at radius 2 is 2.21 bits per heavy atom. The second-order valence-corrected chi connectivity index (χ2v) is 5.08. The van der Waals surface area contributed by atoms with Gasteiger partial charge in [0, 0.05) is 18.3 Å². The predicted molar refractivity (Wildman–Crippen MR) is 73.2 cm³/mol. The van der Waals surface area contributed by atoms with E-state index in [0.29, 0.717) is 6.04 Å². The normalized spacial score (nSPS) is 19.2. The van der Waals surface area contributed by atoms with Crippen molar-refractivity contribution < 1.29 is 4.39 Å². The van der Waals surface area contributed by atoms with Crippen LogP contribution in [0.5, 0.6) is 0 Å². The zero-order chi connectivity index (χ0) is 13.2. The number of benzene rings is 1. The molecule has 2 nitrogen and oxygen atoms in total. The van der Waals surface area contributed by atoms with E-state index < -0.39 is 0 Å². The predicted octanol–water partition coefficient (Wildman–Crippen LogP) is 3.56. The number of hydrogen-bond donors (Lipinski definition) is 1. The van der Waals surface area contributed by atoms with Crippen molar-refractivity contribution in [3.63, 3.8) is 0 Å². The van der Waals surface area contributed by atoms with Gasteiger partial charge in [0.15, 0.2) is 0 Å². The zero-order valence-electron chi connectivity index (χ0n) is 10.9. The van der Waals surface area contributed by atoms with E-state index in [4.69, 9.17) is 0 Å². The summed E-state index contributed by atoms with van der Waals surface area (Å²) in [6.45, 7) is 2.11. The maximum atomic E-state index is 13.2. The fraction of sp³-hybridized carbons (Fsp3) is 0.312. The molecule has 0 saturated carbocycles. The van der Waals surface area contributed by atoms with Crippen molar-refractivity contribution in [2.45, 2.75) is 31.8 Å². The van der Waals surface area contributed by atoms with Crippen LogP contribution in [-0.4, -0.2) is 4.98 Å². The number of pyridine rings is 1. The third-order valence-electron chi connectivity index (χ3n) is 3.77. The molecule has 1 heterocycles. The van der Waals surface area contributed by atoms with Crippen molar-refractivity contribution in [1.82, 2.24) is 10.3 Å². The lowest BCUT2D eigenvalue weighted by Crippen LogP contribution is -2.23. The number of aryl methyl sites for hydroxylation is 1. The second-order valence-electron chi connectivity index (χ2n) is 5.08. The van der Waals surface area contributed by atoms with Gasteiger partial charge in [0.05, 0.1) is 5.69 Å².